The highest BCUT2D eigenvalue weighted by Gasteiger charge is 2.08. The third kappa shape index (κ3) is 3.85. The van der Waals surface area contributed by atoms with Crippen molar-refractivity contribution < 1.29 is 4.79 Å². The fourth-order valence-corrected chi connectivity index (χ4v) is 3.17. The van der Waals surface area contributed by atoms with Crippen LogP contribution in [0.3, 0.4) is 0 Å². The largest absolute Gasteiger partial charge is 0.326 e. The molecule has 3 aromatic carbocycles. The van der Waals surface area contributed by atoms with Gasteiger partial charge in [-0.15, -0.1) is 0 Å². The summed E-state index contributed by atoms with van der Waals surface area (Å²) in [5.74, 6) is 0.706. The van der Waals surface area contributed by atoms with Crippen molar-refractivity contribution in [1.29, 1.82) is 0 Å². The van der Waals surface area contributed by atoms with E-state index < -0.39 is 0 Å². The summed E-state index contributed by atoms with van der Waals surface area (Å²) in [6.07, 6.45) is 2.09. The van der Waals surface area contributed by atoms with Crippen LogP contribution in [0.5, 0.6) is 0 Å². The molecule has 0 radical (unpaired) electrons. The Morgan fingerprint density at radius 3 is 2.52 bits per heavy atom. The molecule has 4 rings (SSSR count). The molecule has 0 bridgehead atoms. The number of hydrogen-bond donors (Lipinski definition) is 1. The Morgan fingerprint density at radius 2 is 1.70 bits per heavy atom. The molecule has 0 aliphatic carbocycles. The van der Waals surface area contributed by atoms with E-state index in [1.807, 2.05) is 61.5 Å². The molecule has 4 heteroatoms. The zero-order valence-corrected chi connectivity index (χ0v) is 15.0. The van der Waals surface area contributed by atoms with E-state index in [1.165, 1.54) is 0 Å². The van der Waals surface area contributed by atoms with E-state index in [4.69, 9.17) is 0 Å². The van der Waals surface area contributed by atoms with Crippen LogP contribution in [0, 0.1) is 6.92 Å². The van der Waals surface area contributed by atoms with Crippen LogP contribution in [0.15, 0.2) is 79.0 Å². The van der Waals surface area contributed by atoms with Gasteiger partial charge in [-0.05, 0) is 41.5 Å². The van der Waals surface area contributed by atoms with Crippen molar-refractivity contribution >= 4 is 22.4 Å². The molecule has 0 spiro atoms. The molecule has 27 heavy (non-hydrogen) atoms. The molecular formula is C23H19N3O. The van der Waals surface area contributed by atoms with E-state index in [0.29, 0.717) is 6.42 Å². The number of aryl methyl sites for hydroxylation is 1. The lowest BCUT2D eigenvalue weighted by atomic mass is 10.0. The number of carbonyl (C=O) groups is 1. The van der Waals surface area contributed by atoms with Gasteiger partial charge < -0.3 is 5.32 Å². The Hall–Kier alpha value is -3.53. The second kappa shape index (κ2) is 7.38. The summed E-state index contributed by atoms with van der Waals surface area (Å²) in [6, 6.07) is 23.7. The Bertz CT molecular complexity index is 1100. The molecule has 0 saturated heterocycles. The van der Waals surface area contributed by atoms with Crippen LogP contribution in [-0.2, 0) is 11.2 Å². The lowest BCUT2D eigenvalue weighted by molar-refractivity contribution is -0.115. The van der Waals surface area contributed by atoms with Crippen LogP contribution in [0.4, 0.5) is 5.69 Å². The first kappa shape index (κ1) is 16.9. The molecule has 1 aromatic heterocycles. The van der Waals surface area contributed by atoms with E-state index in [0.717, 1.165) is 39.1 Å². The summed E-state index contributed by atoms with van der Waals surface area (Å²) in [6.45, 7) is 1.87. The number of amides is 1. The highest BCUT2D eigenvalue weighted by molar-refractivity contribution is 5.96. The van der Waals surface area contributed by atoms with Gasteiger partial charge in [0.2, 0.25) is 5.91 Å². The van der Waals surface area contributed by atoms with E-state index in [1.54, 1.807) is 6.20 Å². The summed E-state index contributed by atoms with van der Waals surface area (Å²) >= 11 is 0. The van der Waals surface area contributed by atoms with Crippen LogP contribution >= 0.6 is 0 Å². The Labute approximate surface area is 157 Å². The highest BCUT2D eigenvalue weighted by Crippen LogP contribution is 2.21. The van der Waals surface area contributed by atoms with Gasteiger partial charge in [-0.1, -0.05) is 54.6 Å². The van der Waals surface area contributed by atoms with Crippen molar-refractivity contribution in [3.8, 4) is 11.3 Å². The van der Waals surface area contributed by atoms with Crippen LogP contribution in [-0.4, -0.2) is 15.9 Å². The molecular weight excluding hydrogens is 334 g/mol. The third-order valence-corrected chi connectivity index (χ3v) is 4.47. The topological polar surface area (TPSA) is 54.9 Å². The Balaban J connectivity index is 1.48. The van der Waals surface area contributed by atoms with E-state index in [-0.39, 0.29) is 5.91 Å². The summed E-state index contributed by atoms with van der Waals surface area (Å²) < 4.78 is 0. The number of nitrogens with one attached hydrogen (secondary N) is 1. The molecule has 4 aromatic rings. The maximum Gasteiger partial charge on any atom is 0.228 e. The van der Waals surface area contributed by atoms with Gasteiger partial charge in [0.25, 0.3) is 0 Å². The first-order valence-corrected chi connectivity index (χ1v) is 8.85. The number of carbonyl (C=O) groups excluding carboxylic acids is 1. The van der Waals surface area contributed by atoms with Gasteiger partial charge in [0.05, 0.1) is 12.1 Å². The highest BCUT2D eigenvalue weighted by atomic mass is 16.1. The number of aromatic nitrogens is 2. The predicted octanol–water partition coefficient (Wildman–Crippen LogP) is 4.79. The minimum atomic E-state index is -0.0306. The van der Waals surface area contributed by atoms with Gasteiger partial charge >= 0.3 is 0 Å². The van der Waals surface area contributed by atoms with E-state index in [2.05, 4.69) is 33.5 Å². The second-order valence-electron chi connectivity index (χ2n) is 6.43. The molecule has 0 aliphatic rings. The zero-order chi connectivity index (χ0) is 18.6. The average Bonchev–Trinajstić information content (AvgIpc) is 2.69. The quantitative estimate of drug-likeness (QED) is 0.574. The first-order valence-electron chi connectivity index (χ1n) is 8.85. The SMILES string of the molecule is Cc1nccc(-c2ccc(NC(=O)Cc3cccc4ccccc34)cc2)n1. The summed E-state index contributed by atoms with van der Waals surface area (Å²) in [4.78, 5) is 21.0. The number of hydrogen-bond acceptors (Lipinski definition) is 3. The normalized spacial score (nSPS) is 10.7. The molecule has 0 saturated carbocycles. The molecule has 0 aliphatic heterocycles. The zero-order valence-electron chi connectivity index (χ0n) is 15.0. The van der Waals surface area contributed by atoms with E-state index in [9.17, 15) is 4.79 Å². The van der Waals surface area contributed by atoms with E-state index >= 15 is 0 Å². The molecule has 0 fully saturated rings. The van der Waals surface area contributed by atoms with Crippen LogP contribution in [0.1, 0.15) is 11.4 Å². The summed E-state index contributed by atoms with van der Waals surface area (Å²) in [7, 11) is 0. The average molecular weight is 353 g/mol. The first-order chi connectivity index (χ1) is 13.2. The van der Waals surface area contributed by atoms with Crippen molar-refractivity contribution in [1.82, 2.24) is 9.97 Å². The van der Waals surface area contributed by atoms with Crippen LogP contribution < -0.4 is 5.32 Å². The number of fused-ring (bicyclic) bond motifs is 1. The molecule has 1 heterocycles. The molecule has 4 nitrogen and oxygen atoms in total. The minimum Gasteiger partial charge on any atom is -0.326 e. The molecule has 0 atom stereocenters. The van der Waals surface area contributed by atoms with Crippen molar-refractivity contribution in [3.05, 3.63) is 90.4 Å². The molecule has 0 unspecified atom stereocenters. The minimum absolute atomic E-state index is 0.0306. The van der Waals surface area contributed by atoms with Gasteiger partial charge in [0, 0.05) is 17.4 Å². The number of rotatable bonds is 4. The maximum atomic E-state index is 12.5. The van der Waals surface area contributed by atoms with Gasteiger partial charge in [-0.25, -0.2) is 9.97 Å². The standard InChI is InChI=1S/C23H19N3O/c1-16-24-14-13-22(25-16)18-9-11-20(12-10-18)26-23(27)15-19-7-4-6-17-5-2-3-8-21(17)19/h2-14H,15H2,1H3,(H,26,27). The van der Waals surface area contributed by atoms with Gasteiger partial charge in [-0.2, -0.15) is 0 Å². The smallest absolute Gasteiger partial charge is 0.228 e. The summed E-state index contributed by atoms with van der Waals surface area (Å²) in [5, 5.41) is 5.23. The molecule has 132 valence electrons. The lowest BCUT2D eigenvalue weighted by Crippen LogP contribution is -2.14. The van der Waals surface area contributed by atoms with Gasteiger partial charge in [-0.3, -0.25) is 4.79 Å². The van der Waals surface area contributed by atoms with Crippen molar-refractivity contribution in [2.75, 3.05) is 5.32 Å². The van der Waals surface area contributed by atoms with Crippen molar-refractivity contribution in [3.63, 3.8) is 0 Å². The summed E-state index contributed by atoms with van der Waals surface area (Å²) in [5.41, 5.74) is 3.66. The molecule has 1 N–H and O–H groups in total. The fraction of sp³-hybridized carbons (Fsp3) is 0.0870. The fourth-order valence-electron chi connectivity index (χ4n) is 3.17. The Morgan fingerprint density at radius 1 is 0.926 bits per heavy atom. The van der Waals surface area contributed by atoms with Crippen LogP contribution in [0.2, 0.25) is 0 Å². The lowest BCUT2D eigenvalue weighted by Gasteiger charge is -2.09. The maximum absolute atomic E-state index is 12.5. The molecule has 1 amide bonds. The van der Waals surface area contributed by atoms with Crippen molar-refractivity contribution in [2.45, 2.75) is 13.3 Å². The van der Waals surface area contributed by atoms with Crippen molar-refractivity contribution in [2.24, 2.45) is 0 Å². The number of benzene rings is 3. The number of nitrogens with zero attached hydrogens (tertiary/aromatic N) is 2. The Kier molecular flexibility index (Phi) is 4.62. The van der Waals surface area contributed by atoms with Gasteiger partial charge in [0.15, 0.2) is 0 Å². The second-order valence-corrected chi connectivity index (χ2v) is 6.43. The number of anilines is 1. The predicted molar refractivity (Wildman–Crippen MR) is 108 cm³/mol. The van der Waals surface area contributed by atoms with Gasteiger partial charge in [0.1, 0.15) is 5.82 Å². The van der Waals surface area contributed by atoms with Crippen LogP contribution in [0.25, 0.3) is 22.0 Å². The third-order valence-electron chi connectivity index (χ3n) is 4.47. The monoisotopic (exact) mass is 353 g/mol.